The number of hydrogen-bond acceptors (Lipinski definition) is 3. The number of amides is 1. The number of carbonyl (C=O) groups is 1. The van der Waals surface area contributed by atoms with Crippen LogP contribution in [0.25, 0.3) is 0 Å². The molecular weight excluding hydrogens is 168 g/mol. The Labute approximate surface area is 78.8 Å². The zero-order valence-corrected chi connectivity index (χ0v) is 8.08. The molecule has 0 radical (unpaired) electrons. The fourth-order valence-electron chi connectivity index (χ4n) is 1.37. The summed E-state index contributed by atoms with van der Waals surface area (Å²) in [4.78, 5) is 11.1. The number of ether oxygens (including phenoxy) is 1. The van der Waals surface area contributed by atoms with Gasteiger partial charge in [-0.2, -0.15) is 0 Å². The third kappa shape index (κ3) is 3.74. The fraction of sp³-hybridized carbons (Fsp3) is 0.889. The summed E-state index contributed by atoms with van der Waals surface area (Å²) in [5, 5.41) is 2.81. The molecule has 1 rings (SSSR count). The number of hydrogen-bond donors (Lipinski definition) is 2. The molecule has 13 heavy (non-hydrogen) atoms. The van der Waals surface area contributed by atoms with Crippen LogP contribution in [0.4, 0.5) is 0 Å². The summed E-state index contributed by atoms with van der Waals surface area (Å²) >= 11 is 0. The highest BCUT2D eigenvalue weighted by Gasteiger charge is 2.15. The second-order valence-electron chi connectivity index (χ2n) is 3.62. The van der Waals surface area contributed by atoms with Gasteiger partial charge in [-0.25, -0.2) is 0 Å². The van der Waals surface area contributed by atoms with Crippen molar-refractivity contribution in [2.45, 2.75) is 25.8 Å². The predicted molar refractivity (Wildman–Crippen MR) is 50.2 cm³/mol. The van der Waals surface area contributed by atoms with Gasteiger partial charge in [0.1, 0.15) is 0 Å². The van der Waals surface area contributed by atoms with Crippen LogP contribution in [0.2, 0.25) is 0 Å². The van der Waals surface area contributed by atoms with Crippen molar-refractivity contribution in [1.29, 1.82) is 0 Å². The minimum absolute atomic E-state index is 0.0782. The molecule has 1 unspecified atom stereocenters. The highest BCUT2D eigenvalue weighted by molar-refractivity contribution is 5.80. The molecule has 1 aliphatic rings. The van der Waals surface area contributed by atoms with Crippen LogP contribution in [-0.4, -0.2) is 31.7 Å². The Morgan fingerprint density at radius 3 is 3.08 bits per heavy atom. The zero-order chi connectivity index (χ0) is 9.68. The third-order valence-electron chi connectivity index (χ3n) is 2.23. The van der Waals surface area contributed by atoms with E-state index >= 15 is 0 Å². The summed E-state index contributed by atoms with van der Waals surface area (Å²) in [7, 11) is 0. The van der Waals surface area contributed by atoms with Gasteiger partial charge in [-0.3, -0.25) is 4.79 Å². The van der Waals surface area contributed by atoms with Gasteiger partial charge in [0.25, 0.3) is 0 Å². The Kier molecular flexibility index (Phi) is 4.18. The van der Waals surface area contributed by atoms with E-state index in [2.05, 4.69) is 5.32 Å². The molecule has 1 fully saturated rings. The maximum Gasteiger partial charge on any atom is 0.236 e. The van der Waals surface area contributed by atoms with Gasteiger partial charge in [0.2, 0.25) is 5.91 Å². The van der Waals surface area contributed by atoms with Gasteiger partial charge in [0, 0.05) is 13.2 Å². The molecule has 0 aromatic rings. The van der Waals surface area contributed by atoms with Crippen LogP contribution in [0.3, 0.4) is 0 Å². The van der Waals surface area contributed by atoms with E-state index in [0.29, 0.717) is 12.5 Å². The summed E-state index contributed by atoms with van der Waals surface area (Å²) in [6.45, 7) is 4.00. The van der Waals surface area contributed by atoms with Crippen molar-refractivity contribution in [2.24, 2.45) is 11.7 Å². The maximum absolute atomic E-state index is 11.1. The quantitative estimate of drug-likeness (QED) is 0.645. The van der Waals surface area contributed by atoms with Crippen LogP contribution in [0.1, 0.15) is 19.8 Å². The molecule has 0 bridgehead atoms. The number of nitrogens with two attached hydrogens (primary N) is 1. The molecule has 1 aliphatic heterocycles. The first-order chi connectivity index (χ1) is 6.20. The van der Waals surface area contributed by atoms with E-state index in [0.717, 1.165) is 26.1 Å². The van der Waals surface area contributed by atoms with Crippen molar-refractivity contribution in [3.63, 3.8) is 0 Å². The Morgan fingerprint density at radius 1 is 1.77 bits per heavy atom. The van der Waals surface area contributed by atoms with E-state index in [-0.39, 0.29) is 5.91 Å². The van der Waals surface area contributed by atoms with Gasteiger partial charge in [0.15, 0.2) is 0 Å². The number of rotatable bonds is 3. The van der Waals surface area contributed by atoms with Crippen molar-refractivity contribution in [3.05, 3.63) is 0 Å². The molecule has 1 heterocycles. The predicted octanol–water partition coefficient (Wildman–Crippen LogP) is -0.124. The molecule has 4 heteroatoms. The highest BCUT2D eigenvalue weighted by Crippen LogP contribution is 2.11. The van der Waals surface area contributed by atoms with Crippen LogP contribution < -0.4 is 11.1 Å². The standard InChI is InChI=1S/C9H18N2O2/c1-7(10)9(12)11-5-8-3-2-4-13-6-8/h7-8H,2-6,10H2,1H3,(H,11,12)/t7-,8?/m1/s1. The average molecular weight is 186 g/mol. The van der Waals surface area contributed by atoms with Crippen molar-refractivity contribution in [2.75, 3.05) is 19.8 Å². The van der Waals surface area contributed by atoms with E-state index in [1.54, 1.807) is 6.92 Å². The molecule has 3 N–H and O–H groups in total. The number of carbonyl (C=O) groups excluding carboxylic acids is 1. The molecule has 0 aliphatic carbocycles. The van der Waals surface area contributed by atoms with E-state index in [4.69, 9.17) is 10.5 Å². The SMILES string of the molecule is C[C@@H](N)C(=O)NCC1CCCOC1. The average Bonchev–Trinajstić information content (AvgIpc) is 2.15. The van der Waals surface area contributed by atoms with Gasteiger partial charge in [0.05, 0.1) is 12.6 Å². The molecule has 2 atom stereocenters. The van der Waals surface area contributed by atoms with E-state index in [9.17, 15) is 4.79 Å². The van der Waals surface area contributed by atoms with Gasteiger partial charge < -0.3 is 15.8 Å². The molecule has 0 aromatic carbocycles. The molecule has 0 spiro atoms. The van der Waals surface area contributed by atoms with Gasteiger partial charge in [-0.1, -0.05) is 0 Å². The third-order valence-corrected chi connectivity index (χ3v) is 2.23. The molecule has 1 saturated heterocycles. The van der Waals surface area contributed by atoms with E-state index in [1.165, 1.54) is 0 Å². The van der Waals surface area contributed by atoms with Crippen LogP contribution in [0.15, 0.2) is 0 Å². The largest absolute Gasteiger partial charge is 0.381 e. The lowest BCUT2D eigenvalue weighted by molar-refractivity contribution is -0.122. The smallest absolute Gasteiger partial charge is 0.236 e. The lowest BCUT2D eigenvalue weighted by Gasteiger charge is -2.22. The monoisotopic (exact) mass is 186 g/mol. The molecule has 0 aromatic heterocycles. The summed E-state index contributed by atoms with van der Waals surface area (Å²) < 4.78 is 5.29. The van der Waals surface area contributed by atoms with Crippen LogP contribution >= 0.6 is 0 Å². The molecular formula is C9H18N2O2. The zero-order valence-electron chi connectivity index (χ0n) is 8.08. The first-order valence-corrected chi connectivity index (χ1v) is 4.81. The van der Waals surface area contributed by atoms with Crippen molar-refractivity contribution < 1.29 is 9.53 Å². The minimum atomic E-state index is -0.412. The van der Waals surface area contributed by atoms with E-state index < -0.39 is 6.04 Å². The Balaban J connectivity index is 2.13. The Bertz CT molecular complexity index is 165. The van der Waals surface area contributed by atoms with Gasteiger partial charge >= 0.3 is 0 Å². The summed E-state index contributed by atoms with van der Waals surface area (Å²) in [5.41, 5.74) is 5.41. The molecule has 76 valence electrons. The fourth-order valence-corrected chi connectivity index (χ4v) is 1.37. The second-order valence-corrected chi connectivity index (χ2v) is 3.62. The second kappa shape index (κ2) is 5.19. The Morgan fingerprint density at radius 2 is 2.54 bits per heavy atom. The first kappa shape index (κ1) is 10.5. The summed E-state index contributed by atoms with van der Waals surface area (Å²) in [6, 6.07) is -0.412. The molecule has 1 amide bonds. The first-order valence-electron chi connectivity index (χ1n) is 4.81. The Hall–Kier alpha value is -0.610. The molecule has 0 saturated carbocycles. The molecule has 4 nitrogen and oxygen atoms in total. The normalized spacial score (nSPS) is 25.2. The summed E-state index contributed by atoms with van der Waals surface area (Å²) in [6.07, 6.45) is 2.23. The maximum atomic E-state index is 11.1. The lowest BCUT2D eigenvalue weighted by Crippen LogP contribution is -2.41. The van der Waals surface area contributed by atoms with E-state index in [1.807, 2.05) is 0 Å². The van der Waals surface area contributed by atoms with Crippen molar-refractivity contribution in [1.82, 2.24) is 5.32 Å². The minimum Gasteiger partial charge on any atom is -0.381 e. The topological polar surface area (TPSA) is 64.4 Å². The van der Waals surface area contributed by atoms with Crippen LogP contribution in [-0.2, 0) is 9.53 Å². The van der Waals surface area contributed by atoms with Crippen LogP contribution in [0.5, 0.6) is 0 Å². The highest BCUT2D eigenvalue weighted by atomic mass is 16.5. The van der Waals surface area contributed by atoms with Gasteiger partial charge in [-0.05, 0) is 25.7 Å². The number of nitrogens with one attached hydrogen (secondary N) is 1. The van der Waals surface area contributed by atoms with Crippen molar-refractivity contribution >= 4 is 5.91 Å². The van der Waals surface area contributed by atoms with Crippen molar-refractivity contribution in [3.8, 4) is 0 Å². The van der Waals surface area contributed by atoms with Crippen LogP contribution in [0, 0.1) is 5.92 Å². The van der Waals surface area contributed by atoms with Gasteiger partial charge in [-0.15, -0.1) is 0 Å². The summed E-state index contributed by atoms with van der Waals surface area (Å²) in [5.74, 6) is 0.391. The lowest BCUT2D eigenvalue weighted by atomic mass is 10.0.